The first-order valence-electron chi connectivity index (χ1n) is 6.34. The van der Waals surface area contributed by atoms with Crippen LogP contribution in [0.25, 0.3) is 0 Å². The first kappa shape index (κ1) is 14.9. The van der Waals surface area contributed by atoms with Gasteiger partial charge in [-0.05, 0) is 18.9 Å². The summed E-state index contributed by atoms with van der Waals surface area (Å²) in [5.41, 5.74) is 5.60. The van der Waals surface area contributed by atoms with Crippen LogP contribution in [0.1, 0.15) is 12.0 Å². The van der Waals surface area contributed by atoms with Gasteiger partial charge in [-0.2, -0.15) is 0 Å². The fourth-order valence-corrected chi connectivity index (χ4v) is 3.98. The van der Waals surface area contributed by atoms with Crippen LogP contribution in [0.2, 0.25) is 0 Å². The van der Waals surface area contributed by atoms with E-state index in [0.29, 0.717) is 19.6 Å². The maximum atomic E-state index is 12.3. The number of hydrogen-bond acceptors (Lipinski definition) is 5. The van der Waals surface area contributed by atoms with Crippen molar-refractivity contribution in [2.24, 2.45) is 11.7 Å². The molecule has 0 aliphatic carbocycles. The van der Waals surface area contributed by atoms with Gasteiger partial charge in [-0.3, -0.25) is 10.1 Å². The topological polar surface area (TPSA) is 107 Å². The largest absolute Gasteiger partial charge is 0.330 e. The van der Waals surface area contributed by atoms with Gasteiger partial charge in [-0.25, -0.2) is 12.7 Å². The number of nitro benzene ring substituents is 1. The second-order valence-electron chi connectivity index (χ2n) is 4.89. The predicted molar refractivity (Wildman–Crippen MR) is 74.5 cm³/mol. The Morgan fingerprint density at radius 2 is 2.10 bits per heavy atom. The Hall–Kier alpha value is -1.51. The summed E-state index contributed by atoms with van der Waals surface area (Å²) in [6.07, 6.45) is 0.743. The number of rotatable bonds is 5. The maximum absolute atomic E-state index is 12.3. The molecule has 2 rings (SSSR count). The number of para-hydroxylation sites is 1. The maximum Gasteiger partial charge on any atom is 0.273 e. The lowest BCUT2D eigenvalue weighted by molar-refractivity contribution is -0.385. The highest BCUT2D eigenvalue weighted by Crippen LogP contribution is 2.25. The van der Waals surface area contributed by atoms with Crippen LogP contribution in [0.3, 0.4) is 0 Å². The highest BCUT2D eigenvalue weighted by molar-refractivity contribution is 7.88. The molecular formula is C12H17N3O4S. The van der Waals surface area contributed by atoms with Gasteiger partial charge >= 0.3 is 0 Å². The second kappa shape index (κ2) is 5.86. The fourth-order valence-electron chi connectivity index (χ4n) is 2.34. The highest BCUT2D eigenvalue weighted by atomic mass is 32.2. The number of sulfonamides is 1. The minimum absolute atomic E-state index is 0.161. The van der Waals surface area contributed by atoms with Crippen molar-refractivity contribution < 1.29 is 13.3 Å². The lowest BCUT2D eigenvalue weighted by Crippen LogP contribution is -2.31. The number of benzene rings is 1. The molecule has 1 fully saturated rings. The molecule has 0 radical (unpaired) electrons. The van der Waals surface area contributed by atoms with E-state index in [-0.39, 0.29) is 22.9 Å². The second-order valence-corrected chi connectivity index (χ2v) is 6.86. The van der Waals surface area contributed by atoms with Crippen molar-refractivity contribution in [3.8, 4) is 0 Å². The summed E-state index contributed by atoms with van der Waals surface area (Å²) in [5.74, 6) is -0.169. The molecule has 7 nitrogen and oxygen atoms in total. The smallest absolute Gasteiger partial charge is 0.273 e. The summed E-state index contributed by atoms with van der Waals surface area (Å²) in [7, 11) is -3.54. The standard InChI is InChI=1S/C12H17N3O4S/c13-7-10-5-6-14(8-10)20(18,19)9-11-3-1-2-4-12(11)15(16)17/h1-4,10H,5-9,13H2. The van der Waals surface area contributed by atoms with Crippen LogP contribution in [0.4, 0.5) is 5.69 Å². The van der Waals surface area contributed by atoms with Crippen molar-refractivity contribution in [2.45, 2.75) is 12.2 Å². The normalized spacial score (nSPS) is 20.1. The Kier molecular flexibility index (Phi) is 4.36. The van der Waals surface area contributed by atoms with Gasteiger partial charge in [0.25, 0.3) is 5.69 Å². The van der Waals surface area contributed by atoms with Gasteiger partial charge in [-0.15, -0.1) is 0 Å². The molecule has 110 valence electrons. The predicted octanol–water partition coefficient (Wildman–Crippen LogP) is 0.705. The summed E-state index contributed by atoms with van der Waals surface area (Å²) in [5, 5.41) is 10.9. The van der Waals surface area contributed by atoms with Crippen LogP contribution in [0.15, 0.2) is 24.3 Å². The molecule has 0 amide bonds. The summed E-state index contributed by atoms with van der Waals surface area (Å²) in [6, 6.07) is 5.92. The molecule has 1 aliphatic heterocycles. The van der Waals surface area contributed by atoms with E-state index in [1.165, 1.54) is 22.5 Å². The average Bonchev–Trinajstić information content (AvgIpc) is 2.88. The summed E-state index contributed by atoms with van der Waals surface area (Å²) < 4.78 is 26.0. The first-order chi connectivity index (χ1) is 9.44. The Bertz CT molecular complexity index is 602. The summed E-state index contributed by atoms with van der Waals surface area (Å²) in [4.78, 5) is 10.3. The Balaban J connectivity index is 2.19. The number of nitrogens with two attached hydrogens (primary N) is 1. The number of nitrogens with zero attached hydrogens (tertiary/aromatic N) is 2. The molecule has 0 aromatic heterocycles. The number of nitro groups is 1. The van der Waals surface area contributed by atoms with E-state index in [1.54, 1.807) is 6.07 Å². The molecule has 1 unspecified atom stereocenters. The van der Waals surface area contributed by atoms with Crippen molar-refractivity contribution in [3.05, 3.63) is 39.9 Å². The minimum atomic E-state index is -3.54. The highest BCUT2D eigenvalue weighted by Gasteiger charge is 2.32. The van der Waals surface area contributed by atoms with Crippen LogP contribution in [-0.4, -0.2) is 37.3 Å². The van der Waals surface area contributed by atoms with Gasteiger partial charge in [0.05, 0.1) is 10.7 Å². The van der Waals surface area contributed by atoms with Gasteiger partial charge in [-0.1, -0.05) is 18.2 Å². The number of hydrogen-bond donors (Lipinski definition) is 1. The molecular weight excluding hydrogens is 282 g/mol. The van der Waals surface area contributed by atoms with E-state index in [1.807, 2.05) is 0 Å². The van der Waals surface area contributed by atoms with Gasteiger partial charge in [0.1, 0.15) is 0 Å². The molecule has 0 saturated carbocycles. The van der Waals surface area contributed by atoms with E-state index in [4.69, 9.17) is 5.73 Å². The van der Waals surface area contributed by atoms with Crippen molar-refractivity contribution >= 4 is 15.7 Å². The molecule has 0 bridgehead atoms. The van der Waals surface area contributed by atoms with Crippen molar-refractivity contribution in [3.63, 3.8) is 0 Å². The molecule has 2 N–H and O–H groups in total. The molecule has 1 heterocycles. The molecule has 1 aromatic rings. The van der Waals surface area contributed by atoms with E-state index >= 15 is 0 Å². The zero-order valence-corrected chi connectivity index (χ0v) is 11.8. The summed E-state index contributed by atoms with van der Waals surface area (Å²) in [6.45, 7) is 1.29. The molecule has 1 atom stereocenters. The van der Waals surface area contributed by atoms with Crippen LogP contribution in [0, 0.1) is 16.0 Å². The average molecular weight is 299 g/mol. The molecule has 1 aliphatic rings. The quantitative estimate of drug-likeness (QED) is 0.636. The van der Waals surface area contributed by atoms with E-state index in [0.717, 1.165) is 6.42 Å². The van der Waals surface area contributed by atoms with Crippen LogP contribution in [-0.2, 0) is 15.8 Å². The van der Waals surface area contributed by atoms with Crippen molar-refractivity contribution in [2.75, 3.05) is 19.6 Å². The SMILES string of the molecule is NCC1CCN(S(=O)(=O)Cc2ccccc2[N+](=O)[O-])C1. The Morgan fingerprint density at radius 1 is 1.40 bits per heavy atom. The molecule has 0 spiro atoms. The lowest BCUT2D eigenvalue weighted by atomic mass is 10.1. The Labute approximate surface area is 117 Å². The first-order valence-corrected chi connectivity index (χ1v) is 7.95. The molecule has 1 saturated heterocycles. The van der Waals surface area contributed by atoms with Crippen molar-refractivity contribution in [1.82, 2.24) is 4.31 Å². The fraction of sp³-hybridized carbons (Fsp3) is 0.500. The third kappa shape index (κ3) is 3.14. The van der Waals surface area contributed by atoms with Crippen LogP contribution in [0.5, 0.6) is 0 Å². The third-order valence-electron chi connectivity index (χ3n) is 3.50. The van der Waals surface area contributed by atoms with Gasteiger partial charge < -0.3 is 5.73 Å². The summed E-state index contributed by atoms with van der Waals surface area (Å²) >= 11 is 0. The minimum Gasteiger partial charge on any atom is -0.330 e. The molecule has 1 aromatic carbocycles. The van der Waals surface area contributed by atoms with E-state index in [2.05, 4.69) is 0 Å². The van der Waals surface area contributed by atoms with Crippen LogP contribution >= 0.6 is 0 Å². The molecule has 20 heavy (non-hydrogen) atoms. The van der Waals surface area contributed by atoms with Gasteiger partial charge in [0, 0.05) is 24.7 Å². The Morgan fingerprint density at radius 3 is 2.70 bits per heavy atom. The lowest BCUT2D eigenvalue weighted by Gasteiger charge is -2.16. The van der Waals surface area contributed by atoms with Crippen LogP contribution < -0.4 is 5.73 Å². The van der Waals surface area contributed by atoms with E-state index < -0.39 is 14.9 Å². The van der Waals surface area contributed by atoms with E-state index in [9.17, 15) is 18.5 Å². The monoisotopic (exact) mass is 299 g/mol. The zero-order valence-electron chi connectivity index (χ0n) is 10.9. The van der Waals surface area contributed by atoms with Gasteiger partial charge in [0.2, 0.25) is 10.0 Å². The van der Waals surface area contributed by atoms with Crippen molar-refractivity contribution in [1.29, 1.82) is 0 Å². The zero-order chi connectivity index (χ0) is 14.8. The van der Waals surface area contributed by atoms with Gasteiger partial charge in [0.15, 0.2) is 0 Å². The third-order valence-corrected chi connectivity index (χ3v) is 5.30. The molecule has 8 heteroatoms.